The maximum atomic E-state index is 12.5. The molecule has 4 heteroatoms. The molecule has 0 aliphatic carbocycles. The van der Waals surface area contributed by atoms with Crippen LogP contribution in [0.3, 0.4) is 0 Å². The Balaban J connectivity index is 2.25. The minimum Gasteiger partial charge on any atom is -0.507 e. The van der Waals surface area contributed by atoms with Gasteiger partial charge in [0.05, 0.1) is 18.2 Å². The average molecular weight is 263 g/mol. The van der Waals surface area contributed by atoms with Crippen LogP contribution in [0, 0.1) is 6.92 Å². The summed E-state index contributed by atoms with van der Waals surface area (Å²) in [6.07, 6.45) is 3.90. The largest absolute Gasteiger partial charge is 0.507 e. The van der Waals surface area contributed by atoms with E-state index in [2.05, 4.69) is 0 Å². The third-order valence-corrected chi connectivity index (χ3v) is 3.73. The Labute approximate surface area is 113 Å². The van der Waals surface area contributed by atoms with Gasteiger partial charge in [-0.3, -0.25) is 4.79 Å². The second-order valence-corrected chi connectivity index (χ2v) is 5.20. The maximum absolute atomic E-state index is 12.5. The van der Waals surface area contributed by atoms with Crippen molar-refractivity contribution in [2.75, 3.05) is 13.2 Å². The summed E-state index contributed by atoms with van der Waals surface area (Å²) in [4.78, 5) is 14.2. The highest BCUT2D eigenvalue weighted by molar-refractivity contribution is 5.97. The van der Waals surface area contributed by atoms with Crippen LogP contribution >= 0.6 is 0 Å². The molecule has 0 radical (unpaired) electrons. The molecule has 0 aromatic heterocycles. The van der Waals surface area contributed by atoms with Gasteiger partial charge in [-0.1, -0.05) is 18.9 Å². The minimum atomic E-state index is -0.182. The summed E-state index contributed by atoms with van der Waals surface area (Å²) in [5.41, 5.74) is 1.24. The second kappa shape index (κ2) is 6.06. The number of carbonyl (C=O) groups is 1. The predicted molar refractivity (Wildman–Crippen MR) is 73.2 cm³/mol. The molecule has 4 nitrogen and oxygen atoms in total. The molecule has 2 rings (SSSR count). The van der Waals surface area contributed by atoms with Gasteiger partial charge in [0.15, 0.2) is 0 Å². The molecule has 0 saturated carbocycles. The van der Waals surface area contributed by atoms with Gasteiger partial charge in [0, 0.05) is 6.54 Å². The normalized spacial score (nSPS) is 20.1. The topological polar surface area (TPSA) is 60.8 Å². The second-order valence-electron chi connectivity index (χ2n) is 5.20. The lowest BCUT2D eigenvalue weighted by Crippen LogP contribution is -2.42. The van der Waals surface area contributed by atoms with Crippen LogP contribution in [0.5, 0.6) is 5.75 Å². The Kier molecular flexibility index (Phi) is 4.43. The number of amides is 1. The van der Waals surface area contributed by atoms with E-state index < -0.39 is 0 Å². The summed E-state index contributed by atoms with van der Waals surface area (Å²) in [6.45, 7) is 2.51. The highest BCUT2D eigenvalue weighted by atomic mass is 16.3. The van der Waals surface area contributed by atoms with Gasteiger partial charge in [-0.05, 0) is 37.5 Å². The first-order chi connectivity index (χ1) is 9.13. The number of aliphatic hydroxyl groups is 1. The third kappa shape index (κ3) is 3.07. The van der Waals surface area contributed by atoms with E-state index in [-0.39, 0.29) is 24.3 Å². The zero-order chi connectivity index (χ0) is 13.8. The summed E-state index contributed by atoms with van der Waals surface area (Å²) in [7, 11) is 0. The number of aryl methyl sites for hydroxylation is 1. The maximum Gasteiger partial charge on any atom is 0.257 e. The number of aromatic hydroxyl groups is 1. The van der Waals surface area contributed by atoms with Crippen molar-refractivity contribution in [3.63, 3.8) is 0 Å². The molecule has 1 amide bonds. The number of hydrogen-bond acceptors (Lipinski definition) is 3. The van der Waals surface area contributed by atoms with Gasteiger partial charge in [-0.25, -0.2) is 0 Å². The van der Waals surface area contributed by atoms with Gasteiger partial charge in [0.2, 0.25) is 0 Å². The molecule has 1 aliphatic rings. The number of nitrogens with zero attached hydrogens (tertiary/aromatic N) is 1. The molecule has 2 N–H and O–H groups in total. The zero-order valence-electron chi connectivity index (χ0n) is 11.3. The van der Waals surface area contributed by atoms with Gasteiger partial charge in [0.25, 0.3) is 5.91 Å². The number of phenols is 1. The molecule has 1 fully saturated rings. The Bertz CT molecular complexity index is 459. The lowest BCUT2D eigenvalue weighted by atomic mass is 10.1. The van der Waals surface area contributed by atoms with Crippen LogP contribution in [0.15, 0.2) is 18.2 Å². The molecule has 1 unspecified atom stereocenters. The number of carbonyl (C=O) groups excluding carboxylic acids is 1. The molecule has 1 aromatic rings. The lowest BCUT2D eigenvalue weighted by Gasteiger charge is -2.29. The van der Waals surface area contributed by atoms with Crippen molar-refractivity contribution in [3.05, 3.63) is 29.3 Å². The minimum absolute atomic E-state index is 0.0155. The van der Waals surface area contributed by atoms with Crippen molar-refractivity contribution in [1.82, 2.24) is 4.90 Å². The fourth-order valence-electron chi connectivity index (χ4n) is 2.61. The van der Waals surface area contributed by atoms with Crippen LogP contribution in [0.2, 0.25) is 0 Å². The molecule has 0 bridgehead atoms. The van der Waals surface area contributed by atoms with Crippen LogP contribution in [0.1, 0.15) is 41.6 Å². The summed E-state index contributed by atoms with van der Waals surface area (Å²) >= 11 is 0. The first-order valence-electron chi connectivity index (χ1n) is 6.85. The van der Waals surface area contributed by atoms with Crippen molar-refractivity contribution in [3.8, 4) is 5.75 Å². The van der Waals surface area contributed by atoms with Crippen LogP contribution in [0.25, 0.3) is 0 Å². The summed E-state index contributed by atoms with van der Waals surface area (Å²) in [6, 6.07) is 4.94. The van der Waals surface area contributed by atoms with Crippen molar-refractivity contribution >= 4 is 5.91 Å². The van der Waals surface area contributed by atoms with E-state index in [0.29, 0.717) is 12.1 Å². The zero-order valence-corrected chi connectivity index (χ0v) is 11.3. The molecule has 104 valence electrons. The summed E-state index contributed by atoms with van der Waals surface area (Å²) < 4.78 is 0. The van der Waals surface area contributed by atoms with Crippen LogP contribution in [-0.4, -0.2) is 40.2 Å². The first-order valence-corrected chi connectivity index (χ1v) is 6.85. The standard InChI is InChI=1S/C15H21NO3/c1-11-6-7-13(14(18)9-11)15(19)16-8-4-2-3-5-12(16)10-17/h6-7,9,12,17-18H,2-5,8,10H2,1H3. The van der Waals surface area contributed by atoms with Gasteiger partial charge < -0.3 is 15.1 Å². The number of likely N-dealkylation sites (tertiary alicyclic amines) is 1. The lowest BCUT2D eigenvalue weighted by molar-refractivity contribution is 0.0597. The van der Waals surface area contributed by atoms with Gasteiger partial charge in [-0.2, -0.15) is 0 Å². The Morgan fingerprint density at radius 2 is 2.16 bits per heavy atom. The van der Waals surface area contributed by atoms with E-state index >= 15 is 0 Å². The highest BCUT2D eigenvalue weighted by Gasteiger charge is 2.27. The van der Waals surface area contributed by atoms with Crippen molar-refractivity contribution in [1.29, 1.82) is 0 Å². The van der Waals surface area contributed by atoms with Crippen LogP contribution < -0.4 is 0 Å². The Hall–Kier alpha value is -1.55. The Morgan fingerprint density at radius 1 is 1.37 bits per heavy atom. The SMILES string of the molecule is Cc1ccc(C(=O)N2CCCCCC2CO)c(O)c1. The van der Waals surface area contributed by atoms with Gasteiger partial charge in [-0.15, -0.1) is 0 Å². The molecule has 0 spiro atoms. The molecule has 1 heterocycles. The summed E-state index contributed by atoms with van der Waals surface area (Å²) in [5, 5.41) is 19.4. The number of aliphatic hydroxyl groups excluding tert-OH is 1. The fourth-order valence-corrected chi connectivity index (χ4v) is 2.61. The van der Waals surface area contributed by atoms with Crippen LogP contribution in [0.4, 0.5) is 0 Å². The van der Waals surface area contributed by atoms with E-state index in [0.717, 1.165) is 31.2 Å². The monoisotopic (exact) mass is 263 g/mol. The number of benzene rings is 1. The van der Waals surface area contributed by atoms with E-state index in [9.17, 15) is 15.0 Å². The predicted octanol–water partition coefficient (Wildman–Crippen LogP) is 2.08. The van der Waals surface area contributed by atoms with E-state index in [1.54, 1.807) is 17.0 Å². The highest BCUT2D eigenvalue weighted by Crippen LogP contribution is 2.24. The number of rotatable bonds is 2. The quantitative estimate of drug-likeness (QED) is 0.858. The van der Waals surface area contributed by atoms with E-state index in [1.807, 2.05) is 13.0 Å². The van der Waals surface area contributed by atoms with Gasteiger partial charge >= 0.3 is 0 Å². The molecular weight excluding hydrogens is 242 g/mol. The third-order valence-electron chi connectivity index (χ3n) is 3.73. The fraction of sp³-hybridized carbons (Fsp3) is 0.533. The molecular formula is C15H21NO3. The van der Waals surface area contributed by atoms with E-state index in [4.69, 9.17) is 0 Å². The van der Waals surface area contributed by atoms with Gasteiger partial charge in [0.1, 0.15) is 5.75 Å². The smallest absolute Gasteiger partial charge is 0.257 e. The summed E-state index contributed by atoms with van der Waals surface area (Å²) in [5.74, 6) is -0.163. The van der Waals surface area contributed by atoms with Crippen molar-refractivity contribution in [2.24, 2.45) is 0 Å². The number of phenolic OH excluding ortho intramolecular Hbond substituents is 1. The van der Waals surface area contributed by atoms with Crippen molar-refractivity contribution in [2.45, 2.75) is 38.6 Å². The van der Waals surface area contributed by atoms with E-state index in [1.165, 1.54) is 0 Å². The van der Waals surface area contributed by atoms with Crippen molar-refractivity contribution < 1.29 is 15.0 Å². The number of hydrogen-bond donors (Lipinski definition) is 2. The molecule has 1 aliphatic heterocycles. The average Bonchev–Trinajstić information content (AvgIpc) is 2.63. The molecule has 1 atom stereocenters. The molecule has 19 heavy (non-hydrogen) atoms. The first kappa shape index (κ1) is 13.9. The molecule has 1 saturated heterocycles. The van der Waals surface area contributed by atoms with Crippen LogP contribution in [-0.2, 0) is 0 Å². The molecule has 1 aromatic carbocycles. The Morgan fingerprint density at radius 3 is 2.84 bits per heavy atom.